The molecule has 1 aliphatic heterocycles. The molecule has 0 amide bonds. The maximum Gasteiger partial charge on any atom is 0.459 e. The Morgan fingerprint density at radius 2 is 2.03 bits per heavy atom. The highest BCUT2D eigenvalue weighted by Gasteiger charge is 2.39. The first kappa shape index (κ1) is 27.2. The Morgan fingerprint density at radius 1 is 1.31 bits per heavy atom. The van der Waals surface area contributed by atoms with Crippen LogP contribution in [-0.4, -0.2) is 51.2 Å². The van der Waals surface area contributed by atoms with Crippen molar-refractivity contribution in [1.82, 2.24) is 14.6 Å². The molecular formula is C22H31N4O7PS. The summed E-state index contributed by atoms with van der Waals surface area (Å²) in [5.74, 6) is -0.0546. The van der Waals surface area contributed by atoms with Crippen LogP contribution in [0.4, 0.5) is 5.82 Å². The minimum Gasteiger partial charge on any atom is -0.464 e. The first-order chi connectivity index (χ1) is 16.6. The Balaban J connectivity index is 1.69. The van der Waals surface area contributed by atoms with Crippen LogP contribution in [0.25, 0.3) is 0 Å². The molecular weight excluding hydrogens is 495 g/mol. The summed E-state index contributed by atoms with van der Waals surface area (Å²) >= 11 is 1.29. The molecule has 0 spiro atoms. The molecule has 0 radical (unpaired) electrons. The van der Waals surface area contributed by atoms with Gasteiger partial charge >= 0.3 is 19.4 Å². The number of aliphatic hydroxyl groups excluding tert-OH is 1. The number of hydrogen-bond donors (Lipinski definition) is 3. The van der Waals surface area contributed by atoms with E-state index in [1.165, 1.54) is 35.5 Å². The first-order valence-electron chi connectivity index (χ1n) is 11.2. The fourth-order valence-corrected chi connectivity index (χ4v) is 6.29. The van der Waals surface area contributed by atoms with Crippen molar-refractivity contribution in [2.45, 2.75) is 50.0 Å². The molecule has 192 valence electrons. The Bertz CT molecular complexity index is 1100. The van der Waals surface area contributed by atoms with Crippen molar-refractivity contribution >= 4 is 31.3 Å². The van der Waals surface area contributed by atoms with Crippen molar-refractivity contribution in [3.63, 3.8) is 0 Å². The molecule has 35 heavy (non-hydrogen) atoms. The van der Waals surface area contributed by atoms with Crippen molar-refractivity contribution in [2.75, 3.05) is 18.9 Å². The topological polar surface area (TPSA) is 155 Å². The van der Waals surface area contributed by atoms with Gasteiger partial charge in [-0.15, -0.1) is 11.8 Å². The van der Waals surface area contributed by atoms with Crippen LogP contribution in [0.5, 0.6) is 5.75 Å². The first-order valence-corrected chi connectivity index (χ1v) is 13.7. The van der Waals surface area contributed by atoms with E-state index in [4.69, 9.17) is 19.5 Å². The third-order valence-electron chi connectivity index (χ3n) is 5.01. The highest BCUT2D eigenvalue weighted by molar-refractivity contribution is 8.00. The van der Waals surface area contributed by atoms with Gasteiger partial charge in [0.1, 0.15) is 17.6 Å². The molecule has 1 aromatic carbocycles. The lowest BCUT2D eigenvalue weighted by molar-refractivity contribution is -0.146. The number of aromatic nitrogens is 2. The van der Waals surface area contributed by atoms with Crippen LogP contribution in [0.15, 0.2) is 47.4 Å². The van der Waals surface area contributed by atoms with Gasteiger partial charge in [0, 0.05) is 12.6 Å². The number of benzene rings is 1. The quantitative estimate of drug-likeness (QED) is 0.292. The molecule has 1 fully saturated rings. The Labute approximate surface area is 208 Å². The number of hydrogen-bond acceptors (Lipinski definition) is 10. The number of ether oxygens (including phenoxy) is 1. The summed E-state index contributed by atoms with van der Waals surface area (Å²) in [5.41, 5.74) is 5.03. The third-order valence-corrected chi connectivity index (χ3v) is 8.19. The van der Waals surface area contributed by atoms with Gasteiger partial charge in [0.2, 0.25) is 0 Å². The molecule has 13 heteroatoms. The standard InChI is InChI=1S/C22H31N4O7PS/c1-14(2)12-31-21(28)15(3)25-34(30,33-16-7-5-4-6-8-16)32-13-18-17(27)11-20(35-18)26-10-9-19(23)24-22(26)29/h4-10,14-15,17-18,20,27H,11-13H2,1-3H3,(H,25,30)(H2,23,24,29)/t15-,17-,18+,20+,34-/m0/s1. The van der Waals surface area contributed by atoms with Gasteiger partial charge < -0.3 is 20.1 Å². The second-order valence-electron chi connectivity index (χ2n) is 8.55. The predicted octanol–water partition coefficient (Wildman–Crippen LogP) is 2.57. The van der Waals surface area contributed by atoms with Gasteiger partial charge in [-0.05, 0) is 31.0 Å². The van der Waals surface area contributed by atoms with E-state index in [1.807, 2.05) is 13.8 Å². The lowest BCUT2D eigenvalue weighted by atomic mass is 10.2. The molecule has 5 atom stereocenters. The maximum atomic E-state index is 13.6. The van der Waals surface area contributed by atoms with Crippen molar-refractivity contribution < 1.29 is 28.3 Å². The van der Waals surface area contributed by atoms with Crippen LogP contribution in [0.3, 0.4) is 0 Å². The fourth-order valence-electron chi connectivity index (χ4n) is 3.23. The average molecular weight is 527 g/mol. The number of nitrogen functional groups attached to an aromatic ring is 1. The number of anilines is 1. The molecule has 11 nitrogen and oxygen atoms in total. The van der Waals surface area contributed by atoms with E-state index < -0.39 is 42.2 Å². The molecule has 1 saturated heterocycles. The van der Waals surface area contributed by atoms with Crippen LogP contribution in [0, 0.1) is 5.92 Å². The molecule has 3 rings (SSSR count). The number of aliphatic hydroxyl groups is 1. The van der Waals surface area contributed by atoms with E-state index in [0.717, 1.165) is 0 Å². The zero-order valence-corrected chi connectivity index (χ0v) is 21.5. The lowest BCUT2D eigenvalue weighted by Crippen LogP contribution is -2.36. The second-order valence-corrected chi connectivity index (χ2v) is 11.7. The van der Waals surface area contributed by atoms with Gasteiger partial charge in [0.05, 0.1) is 29.9 Å². The Morgan fingerprint density at radius 3 is 2.69 bits per heavy atom. The van der Waals surface area contributed by atoms with E-state index in [0.29, 0.717) is 0 Å². The number of rotatable bonds is 11. The molecule has 0 aliphatic carbocycles. The van der Waals surface area contributed by atoms with Gasteiger partial charge in [-0.3, -0.25) is 13.9 Å². The molecule has 0 saturated carbocycles. The van der Waals surface area contributed by atoms with E-state index in [2.05, 4.69) is 10.1 Å². The molecule has 4 N–H and O–H groups in total. The monoisotopic (exact) mass is 526 g/mol. The van der Waals surface area contributed by atoms with Crippen LogP contribution in [0.2, 0.25) is 0 Å². The minimum atomic E-state index is -4.06. The highest BCUT2D eigenvalue weighted by Crippen LogP contribution is 2.48. The van der Waals surface area contributed by atoms with Crippen molar-refractivity contribution in [1.29, 1.82) is 0 Å². The third kappa shape index (κ3) is 7.81. The summed E-state index contributed by atoms with van der Waals surface area (Å²) in [4.78, 5) is 28.2. The normalized spacial score (nSPS) is 22.5. The molecule has 2 heterocycles. The van der Waals surface area contributed by atoms with Crippen LogP contribution >= 0.6 is 19.5 Å². The number of carbonyl (C=O) groups excluding carboxylic acids is 1. The zero-order chi connectivity index (χ0) is 25.6. The molecule has 2 aromatic rings. The SMILES string of the molecule is CC(C)COC(=O)[C@H](C)N[P@](=O)(OC[C@H]1S[C@@H](n2ccc(N)nc2=O)C[C@@H]1O)Oc1ccccc1. The number of esters is 1. The largest absolute Gasteiger partial charge is 0.464 e. The average Bonchev–Trinajstić information content (AvgIpc) is 3.16. The predicted molar refractivity (Wildman–Crippen MR) is 133 cm³/mol. The Kier molecular flexibility index (Phi) is 9.37. The lowest BCUT2D eigenvalue weighted by Gasteiger charge is -2.24. The Hall–Kier alpha value is -2.37. The summed E-state index contributed by atoms with van der Waals surface area (Å²) in [7, 11) is -4.06. The number of thioether (sulfide) groups is 1. The van der Waals surface area contributed by atoms with Gasteiger partial charge in [0.25, 0.3) is 0 Å². The number of nitrogens with two attached hydrogens (primary N) is 1. The summed E-state index contributed by atoms with van der Waals surface area (Å²) < 4.78 is 31.5. The van der Waals surface area contributed by atoms with Crippen LogP contribution < -0.4 is 21.0 Å². The summed E-state index contributed by atoms with van der Waals surface area (Å²) in [6, 6.07) is 8.93. The number of nitrogens with zero attached hydrogens (tertiary/aromatic N) is 2. The summed E-state index contributed by atoms with van der Waals surface area (Å²) in [5, 5.41) is 12.3. The fraction of sp³-hybridized carbons (Fsp3) is 0.500. The number of para-hydroxylation sites is 1. The van der Waals surface area contributed by atoms with Gasteiger partial charge in [0.15, 0.2) is 0 Å². The number of carbonyl (C=O) groups is 1. The number of nitrogens with one attached hydrogen (secondary N) is 1. The molecule has 1 aromatic heterocycles. The van der Waals surface area contributed by atoms with E-state index in [-0.39, 0.29) is 37.1 Å². The smallest absolute Gasteiger partial charge is 0.459 e. The highest BCUT2D eigenvalue weighted by atomic mass is 32.2. The van der Waals surface area contributed by atoms with E-state index in [1.54, 1.807) is 30.3 Å². The van der Waals surface area contributed by atoms with Gasteiger partial charge in [-0.25, -0.2) is 9.36 Å². The van der Waals surface area contributed by atoms with Gasteiger partial charge in [-0.1, -0.05) is 32.0 Å². The van der Waals surface area contributed by atoms with Crippen LogP contribution in [0.1, 0.15) is 32.6 Å². The minimum absolute atomic E-state index is 0.112. The molecule has 0 unspecified atom stereocenters. The summed E-state index contributed by atoms with van der Waals surface area (Å²) in [6.07, 6.45) is 0.945. The van der Waals surface area contributed by atoms with Gasteiger partial charge in [-0.2, -0.15) is 10.1 Å². The van der Waals surface area contributed by atoms with Crippen LogP contribution in [-0.2, 0) is 18.6 Å². The summed E-state index contributed by atoms with van der Waals surface area (Å²) in [6.45, 7) is 5.38. The van der Waals surface area contributed by atoms with E-state index in [9.17, 15) is 19.3 Å². The van der Waals surface area contributed by atoms with Crippen molar-refractivity contribution in [3.8, 4) is 5.75 Å². The molecule has 1 aliphatic rings. The van der Waals surface area contributed by atoms with E-state index >= 15 is 0 Å². The molecule has 0 bridgehead atoms. The van der Waals surface area contributed by atoms with Crippen molar-refractivity contribution in [3.05, 3.63) is 53.1 Å². The zero-order valence-electron chi connectivity index (χ0n) is 19.8. The second kappa shape index (κ2) is 12.0. The maximum absolute atomic E-state index is 13.6. The van der Waals surface area contributed by atoms with Crippen molar-refractivity contribution in [2.24, 2.45) is 5.92 Å².